The van der Waals surface area contributed by atoms with E-state index >= 15 is 0 Å². The fourth-order valence-electron chi connectivity index (χ4n) is 6.42. The molecule has 3 aliphatic carbocycles. The monoisotopic (exact) mass is 403 g/mol. The second-order valence-electron chi connectivity index (χ2n) is 9.25. The van der Waals surface area contributed by atoms with E-state index in [9.17, 15) is 10.2 Å². The van der Waals surface area contributed by atoms with Crippen molar-refractivity contribution in [3.8, 4) is 0 Å². The van der Waals surface area contributed by atoms with E-state index < -0.39 is 26.7 Å². The third-order valence-electron chi connectivity index (χ3n) is 6.76. The van der Waals surface area contributed by atoms with Crippen LogP contribution in [-0.2, 0) is 9.16 Å². The molecule has 0 spiro atoms. The van der Waals surface area contributed by atoms with Crippen LogP contribution in [0.1, 0.15) is 27.2 Å². The molecule has 4 rings (SSSR count). The van der Waals surface area contributed by atoms with Gasteiger partial charge < -0.3 is 19.4 Å². The van der Waals surface area contributed by atoms with Crippen LogP contribution in [0.5, 0.6) is 0 Å². The molecule has 2 bridgehead atoms. The number of hydrogen-bond donors (Lipinski definition) is 2. The number of hydrogen-bond acceptors (Lipinski definition) is 4. The first-order valence-electron chi connectivity index (χ1n) is 8.74. The highest BCUT2D eigenvalue weighted by Gasteiger charge is 2.81. The van der Waals surface area contributed by atoms with Crippen LogP contribution in [0.3, 0.4) is 0 Å². The molecule has 0 amide bonds. The Kier molecular flexibility index (Phi) is 3.72. The summed E-state index contributed by atoms with van der Waals surface area (Å²) in [5.41, 5.74) is -0.483. The Balaban J connectivity index is 1.86. The van der Waals surface area contributed by atoms with E-state index in [4.69, 9.17) is 9.16 Å². The van der Waals surface area contributed by atoms with Gasteiger partial charge in [0.15, 0.2) is 0 Å². The van der Waals surface area contributed by atoms with Crippen molar-refractivity contribution in [2.45, 2.75) is 75.6 Å². The maximum Gasteiger partial charge on any atom is 0.205 e. The fourth-order valence-corrected chi connectivity index (χ4v) is 8.63. The molecular weight excluding hydrogens is 376 g/mol. The van der Waals surface area contributed by atoms with Gasteiger partial charge in [-0.05, 0) is 36.8 Å². The minimum Gasteiger partial charge on any atom is -0.413 e. The molecule has 0 aromatic rings. The Hall–Kier alpha value is 0.537. The topological polar surface area (TPSA) is 58.9 Å². The maximum absolute atomic E-state index is 11.2. The zero-order valence-electron chi connectivity index (χ0n) is 14.5. The van der Waals surface area contributed by atoms with Crippen LogP contribution in [0, 0.1) is 28.6 Å². The summed E-state index contributed by atoms with van der Waals surface area (Å²) in [5.74, 6) is 0.978. The van der Waals surface area contributed by atoms with Crippen LogP contribution in [0.2, 0.25) is 13.1 Å². The third kappa shape index (κ3) is 1.91. The number of aliphatic hydroxyl groups is 2. The smallest absolute Gasteiger partial charge is 0.205 e. The quantitative estimate of drug-likeness (QED) is 0.559. The Morgan fingerprint density at radius 2 is 1.91 bits per heavy atom. The summed E-state index contributed by atoms with van der Waals surface area (Å²) in [6.07, 6.45) is -0.565. The summed E-state index contributed by atoms with van der Waals surface area (Å²) in [6, 6.07) is 0. The lowest BCUT2D eigenvalue weighted by atomic mass is 9.58. The van der Waals surface area contributed by atoms with E-state index in [-0.39, 0.29) is 34.5 Å². The molecule has 4 nitrogen and oxygen atoms in total. The highest BCUT2D eigenvalue weighted by Crippen LogP contribution is 2.74. The number of halogens is 1. The van der Waals surface area contributed by atoms with Gasteiger partial charge in [-0.25, -0.2) is 0 Å². The minimum absolute atomic E-state index is 0.0590. The maximum atomic E-state index is 11.2. The molecule has 131 valence electrons. The van der Waals surface area contributed by atoms with Crippen molar-refractivity contribution in [1.82, 2.24) is 0 Å². The Bertz CT molecular complexity index is 509. The summed E-state index contributed by atoms with van der Waals surface area (Å²) in [7, 11) is -0.922. The van der Waals surface area contributed by atoms with Crippen molar-refractivity contribution >= 4 is 25.0 Å². The highest BCUT2D eigenvalue weighted by atomic mass is 79.9. The van der Waals surface area contributed by atoms with Gasteiger partial charge in [0.05, 0.1) is 24.4 Å². The number of rotatable bonds is 3. The molecule has 2 N–H and O–H groups in total. The third-order valence-corrected chi connectivity index (χ3v) is 8.63. The normalized spacial score (nSPS) is 55.2. The van der Waals surface area contributed by atoms with Gasteiger partial charge in [-0.2, -0.15) is 0 Å². The molecule has 3 saturated carbocycles. The van der Waals surface area contributed by atoms with Gasteiger partial charge in [-0.15, -0.1) is 0 Å². The molecule has 1 heterocycles. The second kappa shape index (κ2) is 5.04. The van der Waals surface area contributed by atoms with Crippen LogP contribution >= 0.6 is 15.9 Å². The predicted octanol–water partition coefficient (Wildman–Crippen LogP) is 2.19. The average Bonchev–Trinajstić information content (AvgIpc) is 3.07. The molecule has 6 heteroatoms. The number of ether oxygens (including phenoxy) is 1. The first kappa shape index (κ1) is 17.0. The van der Waals surface area contributed by atoms with E-state index in [0.717, 1.165) is 6.42 Å². The first-order valence-corrected chi connectivity index (χ1v) is 12.1. The van der Waals surface area contributed by atoms with E-state index in [1.807, 2.05) is 0 Å². The van der Waals surface area contributed by atoms with Crippen molar-refractivity contribution in [2.24, 2.45) is 28.6 Å². The number of alkyl halides is 1. The molecule has 23 heavy (non-hydrogen) atoms. The Morgan fingerprint density at radius 3 is 2.48 bits per heavy atom. The predicted molar refractivity (Wildman–Crippen MR) is 92.7 cm³/mol. The van der Waals surface area contributed by atoms with Crippen molar-refractivity contribution in [3.63, 3.8) is 0 Å². The largest absolute Gasteiger partial charge is 0.413 e. The van der Waals surface area contributed by atoms with Gasteiger partial charge in [0.1, 0.15) is 6.10 Å². The minimum atomic E-state index is -0.922. The van der Waals surface area contributed by atoms with Gasteiger partial charge in [0.25, 0.3) is 0 Å². The fraction of sp³-hybridized carbons (Fsp3) is 1.00. The molecule has 4 aliphatic rings. The molecule has 4 fully saturated rings. The van der Waals surface area contributed by atoms with E-state index in [1.54, 1.807) is 0 Å². The molecule has 10 unspecified atom stereocenters. The SMILES string of the molecule is C[Si](C)OC(C(C)(C)C)C12C(O)C(O)C3OC4C(Br)C1CC4C32. The summed E-state index contributed by atoms with van der Waals surface area (Å²) in [6.45, 7) is 10.9. The highest BCUT2D eigenvalue weighted by molar-refractivity contribution is 9.09. The summed E-state index contributed by atoms with van der Waals surface area (Å²) in [4.78, 5) is 0.258. The average molecular weight is 404 g/mol. The standard InChI is InChI=1S/C17H28BrO4Si/c1-16(2,3)15(22-23(4)5)17-8-6-7-9(17)13(11(19)14(17)20)21-12(7)10(8)18/h7-15,19-20H,6H2,1-5H3. The molecule has 1 aliphatic heterocycles. The van der Waals surface area contributed by atoms with Gasteiger partial charge in [0.2, 0.25) is 9.04 Å². The number of aliphatic hydroxyl groups excluding tert-OH is 2. The molecule has 0 aromatic heterocycles. The van der Waals surface area contributed by atoms with Gasteiger partial charge >= 0.3 is 0 Å². The Morgan fingerprint density at radius 1 is 1.26 bits per heavy atom. The van der Waals surface area contributed by atoms with Crippen molar-refractivity contribution in [3.05, 3.63) is 0 Å². The number of fused-ring (bicyclic) bond motifs is 2. The van der Waals surface area contributed by atoms with Gasteiger partial charge in [-0.3, -0.25) is 0 Å². The summed E-state index contributed by atoms with van der Waals surface area (Å²) >= 11 is 3.87. The van der Waals surface area contributed by atoms with E-state index in [0.29, 0.717) is 11.8 Å². The van der Waals surface area contributed by atoms with Crippen LogP contribution in [0.15, 0.2) is 0 Å². The molecule has 10 atom stereocenters. The Labute approximate surface area is 148 Å². The van der Waals surface area contributed by atoms with Gasteiger partial charge in [-0.1, -0.05) is 36.7 Å². The van der Waals surface area contributed by atoms with Crippen molar-refractivity contribution in [1.29, 1.82) is 0 Å². The zero-order chi connectivity index (χ0) is 16.9. The van der Waals surface area contributed by atoms with Crippen LogP contribution in [0.4, 0.5) is 0 Å². The van der Waals surface area contributed by atoms with E-state index in [2.05, 4.69) is 49.8 Å². The lowest BCUT2D eigenvalue weighted by Gasteiger charge is -2.53. The van der Waals surface area contributed by atoms with Crippen molar-refractivity contribution < 1.29 is 19.4 Å². The first-order chi connectivity index (χ1) is 10.6. The second-order valence-corrected chi connectivity index (χ2v) is 12.4. The molecule has 1 saturated heterocycles. The molecule has 0 aromatic carbocycles. The van der Waals surface area contributed by atoms with Crippen LogP contribution in [-0.4, -0.2) is 54.6 Å². The lowest BCUT2D eigenvalue weighted by molar-refractivity contribution is -0.157. The van der Waals surface area contributed by atoms with Gasteiger partial charge in [0, 0.05) is 16.2 Å². The van der Waals surface area contributed by atoms with Crippen LogP contribution < -0.4 is 0 Å². The zero-order valence-corrected chi connectivity index (χ0v) is 17.1. The summed E-state index contributed by atoms with van der Waals surface area (Å²) in [5, 5.41) is 21.9. The lowest BCUT2D eigenvalue weighted by Crippen LogP contribution is -2.61. The van der Waals surface area contributed by atoms with Crippen LogP contribution in [0.25, 0.3) is 0 Å². The molecule has 1 radical (unpaired) electrons. The van der Waals surface area contributed by atoms with Crippen molar-refractivity contribution in [2.75, 3.05) is 0 Å². The van der Waals surface area contributed by atoms with E-state index in [1.165, 1.54) is 0 Å². The molecular formula is C17H28BrO4Si. The summed E-state index contributed by atoms with van der Waals surface area (Å²) < 4.78 is 12.8.